The molecule has 4 heterocycles. The molecule has 0 unspecified atom stereocenters. The van der Waals surface area contributed by atoms with Crippen LogP contribution >= 0.6 is 23.2 Å². The Kier molecular flexibility index (Phi) is 5.58. The van der Waals surface area contributed by atoms with E-state index in [-0.39, 0.29) is 11.0 Å². The molecule has 4 aromatic rings. The molecule has 8 rings (SSSR count). The fourth-order valence-corrected chi connectivity index (χ4v) is 6.51. The average molecular weight is 533 g/mol. The third kappa shape index (κ3) is 4.14. The fourth-order valence-electron chi connectivity index (χ4n) is 5.96. The van der Waals surface area contributed by atoms with Crippen LogP contribution in [0.1, 0.15) is 74.3 Å². The number of halogens is 2. The van der Waals surface area contributed by atoms with Gasteiger partial charge in [-0.3, -0.25) is 9.38 Å². The highest BCUT2D eigenvalue weighted by Gasteiger charge is 2.49. The predicted molar refractivity (Wildman–Crippen MR) is 141 cm³/mol. The quantitative estimate of drug-likeness (QED) is 0.253. The molecular weight excluding hydrogens is 507 g/mol. The first-order chi connectivity index (χ1) is 18.0. The van der Waals surface area contributed by atoms with E-state index in [0.29, 0.717) is 33.8 Å². The number of ether oxygens (including phenoxy) is 1. The molecule has 0 spiro atoms. The summed E-state index contributed by atoms with van der Waals surface area (Å²) in [6.07, 6.45) is 15.4. The summed E-state index contributed by atoms with van der Waals surface area (Å²) in [6, 6.07) is 6.01. The van der Waals surface area contributed by atoms with Crippen LogP contribution in [0, 0.1) is 17.3 Å². The molecule has 0 N–H and O–H groups in total. The number of rotatable bonds is 5. The van der Waals surface area contributed by atoms with Gasteiger partial charge in [-0.05, 0) is 69.4 Å². The van der Waals surface area contributed by atoms with Gasteiger partial charge >= 0.3 is 0 Å². The zero-order valence-corrected chi connectivity index (χ0v) is 21.9. The maximum atomic E-state index is 6.75. The number of fused-ring (bicyclic) bond motifs is 4. The fraction of sp³-hybridized carbons (Fsp3) is 0.414. The van der Waals surface area contributed by atoms with Crippen molar-refractivity contribution in [3.05, 3.63) is 70.0 Å². The highest BCUT2D eigenvalue weighted by molar-refractivity contribution is 6.38. The summed E-state index contributed by atoms with van der Waals surface area (Å²) in [6.45, 7) is 0.445. The van der Waals surface area contributed by atoms with Gasteiger partial charge < -0.3 is 9.26 Å². The number of hydrogen-bond acceptors (Lipinski definition) is 5. The topological polar surface area (TPSA) is 65.5 Å². The zero-order chi connectivity index (χ0) is 25.0. The van der Waals surface area contributed by atoms with Gasteiger partial charge in [0.05, 0.1) is 28.5 Å². The molecule has 4 aliphatic rings. The van der Waals surface area contributed by atoms with Gasteiger partial charge in [0.15, 0.2) is 0 Å². The largest absolute Gasteiger partial charge is 0.370 e. The van der Waals surface area contributed by atoms with Gasteiger partial charge in [0.1, 0.15) is 22.8 Å². The Balaban J connectivity index is 1.10. The molecule has 37 heavy (non-hydrogen) atoms. The van der Waals surface area contributed by atoms with Crippen LogP contribution in [0.15, 0.2) is 47.5 Å². The van der Waals surface area contributed by atoms with Gasteiger partial charge in [-0.25, -0.2) is 4.98 Å². The molecule has 0 atom stereocenters. The molecule has 4 saturated carbocycles. The van der Waals surface area contributed by atoms with Crippen molar-refractivity contribution in [1.82, 2.24) is 19.5 Å². The van der Waals surface area contributed by atoms with E-state index in [1.54, 1.807) is 12.4 Å². The van der Waals surface area contributed by atoms with E-state index in [0.717, 1.165) is 74.0 Å². The third-order valence-electron chi connectivity index (χ3n) is 8.43. The molecular formula is C29H26Cl2N4O2. The van der Waals surface area contributed by atoms with Crippen molar-refractivity contribution in [2.75, 3.05) is 0 Å². The Morgan fingerprint density at radius 2 is 1.78 bits per heavy atom. The molecule has 0 amide bonds. The lowest BCUT2D eigenvalue weighted by atomic mass is 9.59. The third-order valence-corrected chi connectivity index (χ3v) is 9.00. The molecule has 4 aromatic heterocycles. The van der Waals surface area contributed by atoms with E-state index in [2.05, 4.69) is 31.4 Å². The molecule has 2 bridgehead atoms. The van der Waals surface area contributed by atoms with E-state index in [1.807, 2.05) is 30.6 Å². The Labute approximate surface area is 225 Å². The molecule has 8 heteroatoms. The molecule has 0 aromatic carbocycles. The van der Waals surface area contributed by atoms with E-state index in [4.69, 9.17) is 32.5 Å². The summed E-state index contributed by atoms with van der Waals surface area (Å²) < 4.78 is 14.6. The summed E-state index contributed by atoms with van der Waals surface area (Å²) in [7, 11) is 0. The minimum atomic E-state index is -0.131. The van der Waals surface area contributed by atoms with Crippen LogP contribution in [0.2, 0.25) is 10.0 Å². The van der Waals surface area contributed by atoms with Gasteiger partial charge in [0.25, 0.3) is 0 Å². The van der Waals surface area contributed by atoms with Crippen molar-refractivity contribution in [2.45, 2.75) is 69.5 Å². The number of aromatic nitrogens is 4. The van der Waals surface area contributed by atoms with Crippen LogP contribution in [-0.2, 0) is 11.3 Å². The lowest BCUT2D eigenvalue weighted by Crippen LogP contribution is -2.47. The summed E-state index contributed by atoms with van der Waals surface area (Å²) in [5.41, 5.74) is 4.12. The monoisotopic (exact) mass is 532 g/mol. The van der Waals surface area contributed by atoms with Crippen molar-refractivity contribution >= 4 is 28.8 Å². The first-order valence-electron chi connectivity index (χ1n) is 12.9. The van der Waals surface area contributed by atoms with Crippen LogP contribution in [0.3, 0.4) is 0 Å². The smallest absolute Gasteiger partial charge is 0.145 e. The van der Waals surface area contributed by atoms with E-state index in [1.165, 1.54) is 0 Å². The van der Waals surface area contributed by atoms with Crippen LogP contribution in [-0.4, -0.2) is 25.1 Å². The number of nitrogens with zero attached hydrogens (tertiary/aromatic N) is 4. The molecule has 0 radical (unpaired) electrons. The lowest BCUT2D eigenvalue weighted by molar-refractivity contribution is -0.131. The van der Waals surface area contributed by atoms with Crippen molar-refractivity contribution in [2.24, 2.45) is 5.41 Å². The summed E-state index contributed by atoms with van der Waals surface area (Å²) >= 11 is 13.0. The molecule has 188 valence electrons. The second kappa shape index (κ2) is 8.87. The van der Waals surface area contributed by atoms with Crippen molar-refractivity contribution in [1.29, 1.82) is 0 Å². The highest BCUT2D eigenvalue weighted by Crippen LogP contribution is 2.54. The van der Waals surface area contributed by atoms with Crippen molar-refractivity contribution < 1.29 is 9.26 Å². The van der Waals surface area contributed by atoms with Gasteiger partial charge in [-0.2, -0.15) is 0 Å². The second-order valence-electron chi connectivity index (χ2n) is 10.7. The standard InChI is InChI=1S/C29H26Cl2N4O2/c30-22-16-32-17-23(31)25(22)26-21(27(37-34-26)19-4-5-19)18-36-29-11-8-28(9-12-29,10-13-29)7-6-20-15-33-24-3-1-2-14-35(20)24/h1-3,14-17,19H,4-5,8-13,18H2. The molecule has 0 aliphatic heterocycles. The average Bonchev–Trinajstić information content (AvgIpc) is 3.56. The summed E-state index contributed by atoms with van der Waals surface area (Å²) in [5, 5.41) is 5.33. The minimum Gasteiger partial charge on any atom is -0.370 e. The summed E-state index contributed by atoms with van der Waals surface area (Å²) in [5.74, 6) is 8.41. The van der Waals surface area contributed by atoms with E-state index >= 15 is 0 Å². The van der Waals surface area contributed by atoms with Crippen LogP contribution in [0.5, 0.6) is 0 Å². The number of pyridine rings is 2. The highest BCUT2D eigenvalue weighted by atomic mass is 35.5. The zero-order valence-electron chi connectivity index (χ0n) is 20.3. The maximum Gasteiger partial charge on any atom is 0.145 e. The number of imidazole rings is 1. The lowest BCUT2D eigenvalue weighted by Gasteiger charge is -2.51. The Morgan fingerprint density at radius 1 is 1.03 bits per heavy atom. The Bertz CT molecular complexity index is 1510. The maximum absolute atomic E-state index is 6.75. The van der Waals surface area contributed by atoms with Crippen LogP contribution in [0.4, 0.5) is 0 Å². The van der Waals surface area contributed by atoms with Gasteiger partial charge in [0.2, 0.25) is 0 Å². The Hall–Kier alpha value is -2.85. The molecule has 6 nitrogen and oxygen atoms in total. The Morgan fingerprint density at radius 3 is 2.51 bits per heavy atom. The molecule has 4 fully saturated rings. The van der Waals surface area contributed by atoms with Crippen molar-refractivity contribution in [3.8, 4) is 23.1 Å². The second-order valence-corrected chi connectivity index (χ2v) is 11.5. The molecule has 4 aliphatic carbocycles. The van der Waals surface area contributed by atoms with E-state index in [9.17, 15) is 0 Å². The first-order valence-corrected chi connectivity index (χ1v) is 13.7. The molecule has 0 saturated heterocycles. The predicted octanol–water partition coefficient (Wildman–Crippen LogP) is 7.23. The van der Waals surface area contributed by atoms with Gasteiger partial charge in [-0.15, -0.1) is 0 Å². The van der Waals surface area contributed by atoms with E-state index < -0.39 is 0 Å². The SMILES string of the molecule is Clc1cncc(Cl)c1-c1noc(C2CC2)c1COC12CCC(C#Cc3cnc4ccccn34)(CC1)CC2. The summed E-state index contributed by atoms with van der Waals surface area (Å²) in [4.78, 5) is 8.56. The van der Waals surface area contributed by atoms with Gasteiger partial charge in [-0.1, -0.05) is 40.3 Å². The van der Waals surface area contributed by atoms with Crippen LogP contribution in [0.25, 0.3) is 16.9 Å². The van der Waals surface area contributed by atoms with Crippen molar-refractivity contribution in [3.63, 3.8) is 0 Å². The first kappa shape index (κ1) is 23.3. The minimum absolute atomic E-state index is 0.0592. The van der Waals surface area contributed by atoms with Crippen LogP contribution < -0.4 is 0 Å². The normalized spacial score (nSPS) is 24.8. The van der Waals surface area contributed by atoms with Gasteiger partial charge in [0, 0.05) is 41.1 Å². The number of hydrogen-bond donors (Lipinski definition) is 0.